The molecular weight excluding hydrogens is 316 g/mol. The van der Waals surface area contributed by atoms with Crippen LogP contribution in [-0.2, 0) is 4.74 Å². The van der Waals surface area contributed by atoms with E-state index < -0.39 is 0 Å². The number of nitrogens with zero attached hydrogens (tertiary/aromatic N) is 3. The highest BCUT2D eigenvalue weighted by atomic mass is 16.5. The van der Waals surface area contributed by atoms with Crippen LogP contribution in [0.15, 0.2) is 12.1 Å². The van der Waals surface area contributed by atoms with Crippen LogP contribution >= 0.6 is 0 Å². The van der Waals surface area contributed by atoms with Crippen molar-refractivity contribution >= 4 is 11.5 Å². The lowest BCUT2D eigenvalue weighted by Gasteiger charge is -2.35. The van der Waals surface area contributed by atoms with Gasteiger partial charge in [-0.25, -0.2) is 0 Å². The van der Waals surface area contributed by atoms with Crippen LogP contribution in [0.25, 0.3) is 0 Å². The summed E-state index contributed by atoms with van der Waals surface area (Å²) in [5.74, 6) is 1.12. The maximum Gasteiger partial charge on any atom is 0.217 e. The van der Waals surface area contributed by atoms with Crippen molar-refractivity contribution in [1.29, 1.82) is 0 Å². The minimum absolute atomic E-state index is 0.275. The Balaban J connectivity index is 1.93. The van der Waals surface area contributed by atoms with Crippen LogP contribution in [-0.4, -0.2) is 61.4 Å². The molecule has 142 valence electrons. The Bertz CT molecular complexity index is 510. The van der Waals surface area contributed by atoms with Gasteiger partial charge in [0.05, 0.1) is 12.2 Å². The summed E-state index contributed by atoms with van der Waals surface area (Å²) in [5.41, 5.74) is 7.09. The summed E-state index contributed by atoms with van der Waals surface area (Å²) in [7, 11) is 0. The maximum atomic E-state index is 6.00. The highest BCUT2D eigenvalue weighted by molar-refractivity contribution is 5.55. The molecule has 0 spiro atoms. The second-order valence-electron chi connectivity index (χ2n) is 6.94. The van der Waals surface area contributed by atoms with Crippen LogP contribution < -0.4 is 15.4 Å². The van der Waals surface area contributed by atoms with Crippen molar-refractivity contribution in [3.05, 3.63) is 12.1 Å². The van der Waals surface area contributed by atoms with Gasteiger partial charge in [0.2, 0.25) is 5.88 Å². The second kappa shape index (κ2) is 9.82. The average Bonchev–Trinajstić information content (AvgIpc) is 2.53. The number of hydrogen-bond acceptors (Lipinski definition) is 6. The Hall–Kier alpha value is -1.53. The average molecular weight is 351 g/mol. The van der Waals surface area contributed by atoms with Gasteiger partial charge in [0, 0.05) is 50.5 Å². The minimum Gasteiger partial charge on any atom is -0.476 e. The molecule has 2 N–H and O–H groups in total. The largest absolute Gasteiger partial charge is 0.476 e. The minimum atomic E-state index is 0.275. The number of pyridine rings is 1. The lowest BCUT2D eigenvalue weighted by molar-refractivity contribution is -0.0700. The Morgan fingerprint density at radius 1 is 1.20 bits per heavy atom. The topological polar surface area (TPSA) is 63.8 Å². The fraction of sp³-hybridized carbons (Fsp3) is 0.737. The molecule has 1 aliphatic rings. The molecule has 1 saturated heterocycles. The van der Waals surface area contributed by atoms with Gasteiger partial charge in [0.25, 0.3) is 0 Å². The molecule has 6 heteroatoms. The quantitative estimate of drug-likeness (QED) is 0.739. The number of hydrogen-bond donors (Lipinski definition) is 1. The molecule has 2 rings (SSSR count). The lowest BCUT2D eigenvalue weighted by Crippen LogP contribution is -2.46. The molecule has 1 fully saturated rings. The van der Waals surface area contributed by atoms with Gasteiger partial charge in [0.15, 0.2) is 0 Å². The summed E-state index contributed by atoms with van der Waals surface area (Å²) < 4.78 is 11.7. The van der Waals surface area contributed by atoms with E-state index in [2.05, 4.69) is 42.5 Å². The first-order chi connectivity index (χ1) is 12.0. The summed E-state index contributed by atoms with van der Waals surface area (Å²) in [4.78, 5) is 9.06. The first-order valence-electron chi connectivity index (χ1n) is 9.54. The van der Waals surface area contributed by atoms with Crippen LogP contribution in [0.3, 0.4) is 0 Å². The van der Waals surface area contributed by atoms with Crippen LogP contribution in [0.5, 0.6) is 5.88 Å². The van der Waals surface area contributed by atoms with Crippen molar-refractivity contribution < 1.29 is 9.47 Å². The first-order valence-corrected chi connectivity index (χ1v) is 9.54. The zero-order chi connectivity index (χ0) is 18.2. The van der Waals surface area contributed by atoms with E-state index in [0.29, 0.717) is 18.3 Å². The van der Waals surface area contributed by atoms with E-state index >= 15 is 0 Å². The molecule has 0 saturated carbocycles. The Morgan fingerprint density at radius 2 is 1.84 bits per heavy atom. The molecule has 25 heavy (non-hydrogen) atoms. The van der Waals surface area contributed by atoms with Gasteiger partial charge in [-0.2, -0.15) is 4.98 Å². The van der Waals surface area contributed by atoms with Gasteiger partial charge in [-0.15, -0.1) is 0 Å². The maximum absolute atomic E-state index is 6.00. The number of nitrogen functional groups attached to an aromatic ring is 1. The van der Waals surface area contributed by atoms with Gasteiger partial charge in [-0.1, -0.05) is 13.8 Å². The van der Waals surface area contributed by atoms with Gasteiger partial charge in [-0.05, 0) is 26.7 Å². The molecule has 0 amide bonds. The molecular formula is C19H34N4O2. The molecule has 1 aromatic heterocycles. The van der Waals surface area contributed by atoms with Crippen molar-refractivity contribution in [3.8, 4) is 5.88 Å². The number of nitrogens with two attached hydrogens (primary N) is 1. The third-order valence-corrected chi connectivity index (χ3v) is 4.31. The molecule has 0 bridgehead atoms. The smallest absolute Gasteiger partial charge is 0.217 e. The predicted molar refractivity (Wildman–Crippen MR) is 103 cm³/mol. The molecule has 0 radical (unpaired) electrons. The fourth-order valence-electron chi connectivity index (χ4n) is 3.42. The SMILES string of the molecule is CCCN(CCC)c1cc(N)nc(OCCN2CC(C)OC(C)C2)c1. The Kier molecular flexibility index (Phi) is 7.78. The monoisotopic (exact) mass is 350 g/mol. The molecule has 0 aliphatic carbocycles. The van der Waals surface area contributed by atoms with E-state index in [4.69, 9.17) is 15.2 Å². The fourth-order valence-corrected chi connectivity index (χ4v) is 3.42. The van der Waals surface area contributed by atoms with Gasteiger partial charge < -0.3 is 20.1 Å². The highest BCUT2D eigenvalue weighted by Crippen LogP contribution is 2.23. The van der Waals surface area contributed by atoms with Gasteiger partial charge in [-0.3, -0.25) is 4.90 Å². The van der Waals surface area contributed by atoms with E-state index in [-0.39, 0.29) is 12.2 Å². The van der Waals surface area contributed by atoms with Crippen LogP contribution in [0.4, 0.5) is 11.5 Å². The van der Waals surface area contributed by atoms with Crippen LogP contribution in [0, 0.1) is 0 Å². The Morgan fingerprint density at radius 3 is 2.44 bits per heavy atom. The molecule has 2 atom stereocenters. The molecule has 0 aromatic carbocycles. The summed E-state index contributed by atoms with van der Waals surface area (Å²) in [6, 6.07) is 3.94. The molecule has 6 nitrogen and oxygen atoms in total. The van der Waals surface area contributed by atoms with Crippen LogP contribution in [0.1, 0.15) is 40.5 Å². The molecule has 2 heterocycles. The summed E-state index contributed by atoms with van der Waals surface area (Å²) in [6.45, 7) is 14.0. The highest BCUT2D eigenvalue weighted by Gasteiger charge is 2.21. The number of aromatic nitrogens is 1. The van der Waals surface area contributed by atoms with Crippen molar-refractivity contribution in [2.75, 3.05) is 50.0 Å². The van der Waals surface area contributed by atoms with Crippen molar-refractivity contribution in [2.24, 2.45) is 0 Å². The van der Waals surface area contributed by atoms with E-state index in [1.165, 1.54) is 0 Å². The summed E-state index contributed by atoms with van der Waals surface area (Å²) >= 11 is 0. The number of anilines is 2. The Labute approximate surface area is 152 Å². The first kappa shape index (κ1) is 19.8. The van der Waals surface area contributed by atoms with E-state index in [1.807, 2.05) is 12.1 Å². The van der Waals surface area contributed by atoms with Crippen molar-refractivity contribution in [1.82, 2.24) is 9.88 Å². The predicted octanol–water partition coefficient (Wildman–Crippen LogP) is 2.78. The van der Waals surface area contributed by atoms with E-state index in [1.54, 1.807) is 0 Å². The zero-order valence-corrected chi connectivity index (χ0v) is 16.2. The molecule has 1 aromatic rings. The standard InChI is InChI=1S/C19H34N4O2/c1-5-7-23(8-6-2)17-11-18(20)21-19(12-17)24-10-9-22-13-15(3)25-16(4)14-22/h11-12,15-16H,5-10,13-14H2,1-4H3,(H2,20,21). The molecule has 2 unspecified atom stereocenters. The normalized spacial score (nSPS) is 21.3. The second-order valence-corrected chi connectivity index (χ2v) is 6.94. The number of rotatable bonds is 9. The molecule has 1 aliphatic heterocycles. The van der Waals surface area contributed by atoms with Crippen LogP contribution in [0.2, 0.25) is 0 Å². The lowest BCUT2D eigenvalue weighted by atomic mass is 10.2. The van der Waals surface area contributed by atoms with E-state index in [0.717, 1.165) is 51.3 Å². The van der Waals surface area contributed by atoms with Crippen molar-refractivity contribution in [3.63, 3.8) is 0 Å². The number of ether oxygens (including phenoxy) is 2. The van der Waals surface area contributed by atoms with Gasteiger partial charge >= 0.3 is 0 Å². The van der Waals surface area contributed by atoms with Gasteiger partial charge in [0.1, 0.15) is 12.4 Å². The van der Waals surface area contributed by atoms with E-state index in [9.17, 15) is 0 Å². The third kappa shape index (κ3) is 6.36. The summed E-state index contributed by atoms with van der Waals surface area (Å²) in [5, 5.41) is 0. The van der Waals surface area contributed by atoms with Crippen molar-refractivity contribution in [2.45, 2.75) is 52.7 Å². The summed E-state index contributed by atoms with van der Waals surface area (Å²) in [6.07, 6.45) is 2.76. The number of morpholine rings is 1. The zero-order valence-electron chi connectivity index (χ0n) is 16.2. The third-order valence-electron chi connectivity index (χ3n) is 4.31.